The van der Waals surface area contributed by atoms with Gasteiger partial charge in [-0.05, 0) is 31.0 Å². The molecule has 2 N–H and O–H groups in total. The second kappa shape index (κ2) is 5.94. The number of rotatable bonds is 4. The van der Waals surface area contributed by atoms with E-state index in [0.717, 1.165) is 12.0 Å². The molecule has 2 atom stereocenters. The van der Waals surface area contributed by atoms with Gasteiger partial charge in [0.2, 0.25) is 0 Å². The summed E-state index contributed by atoms with van der Waals surface area (Å²) >= 11 is 6.21. The first kappa shape index (κ1) is 15.3. The third kappa shape index (κ3) is 3.89. The number of aryl methyl sites for hydroxylation is 1. The summed E-state index contributed by atoms with van der Waals surface area (Å²) in [5.41, 5.74) is 7.26. The van der Waals surface area contributed by atoms with E-state index in [-0.39, 0.29) is 17.6 Å². The molecule has 0 heterocycles. The smallest absolute Gasteiger partial charge is 0.138 e. The average molecular weight is 270 g/mol. The Morgan fingerprint density at radius 1 is 1.33 bits per heavy atom. The molecular formula is C15H24ClNO. The van der Waals surface area contributed by atoms with Crippen molar-refractivity contribution in [1.29, 1.82) is 0 Å². The summed E-state index contributed by atoms with van der Waals surface area (Å²) < 4.78 is 6.06. The highest BCUT2D eigenvalue weighted by molar-refractivity contribution is 6.32. The van der Waals surface area contributed by atoms with E-state index in [2.05, 4.69) is 27.7 Å². The fourth-order valence-corrected chi connectivity index (χ4v) is 2.24. The summed E-state index contributed by atoms with van der Waals surface area (Å²) in [5.74, 6) is 0.714. The maximum atomic E-state index is 6.21. The van der Waals surface area contributed by atoms with Crippen molar-refractivity contribution >= 4 is 11.6 Å². The first-order valence-electron chi connectivity index (χ1n) is 6.44. The fraction of sp³-hybridized carbons (Fsp3) is 0.600. The van der Waals surface area contributed by atoms with E-state index in [9.17, 15) is 0 Å². The Bertz CT molecular complexity index is 398. The van der Waals surface area contributed by atoms with Gasteiger partial charge in [0.25, 0.3) is 0 Å². The minimum Gasteiger partial charge on any atom is -0.487 e. The summed E-state index contributed by atoms with van der Waals surface area (Å²) in [5, 5.41) is 0.646. The zero-order valence-corrected chi connectivity index (χ0v) is 12.7. The van der Waals surface area contributed by atoms with Gasteiger partial charge < -0.3 is 10.5 Å². The zero-order valence-electron chi connectivity index (χ0n) is 12.0. The summed E-state index contributed by atoms with van der Waals surface area (Å²) in [7, 11) is 0. The lowest BCUT2D eigenvalue weighted by Gasteiger charge is -2.35. The first-order chi connectivity index (χ1) is 8.25. The Morgan fingerprint density at radius 2 is 1.94 bits per heavy atom. The Balaban J connectivity index is 2.96. The molecule has 1 rings (SSSR count). The fourth-order valence-electron chi connectivity index (χ4n) is 1.96. The normalized spacial score (nSPS) is 15.3. The van der Waals surface area contributed by atoms with Gasteiger partial charge in [-0.1, -0.05) is 45.4 Å². The lowest BCUT2D eigenvalue weighted by atomic mass is 9.84. The molecule has 0 aliphatic heterocycles. The number of nitrogens with two attached hydrogens (primary N) is 1. The number of benzene rings is 1. The predicted molar refractivity (Wildman–Crippen MR) is 78.3 cm³/mol. The second-order valence-electron chi connectivity index (χ2n) is 5.91. The molecule has 18 heavy (non-hydrogen) atoms. The first-order valence-corrected chi connectivity index (χ1v) is 6.82. The Hall–Kier alpha value is -0.730. The Labute approximate surface area is 115 Å². The monoisotopic (exact) mass is 269 g/mol. The molecule has 0 bridgehead atoms. The van der Waals surface area contributed by atoms with Crippen LogP contribution in [0.15, 0.2) is 18.2 Å². The van der Waals surface area contributed by atoms with E-state index in [1.807, 2.05) is 25.1 Å². The molecule has 0 aliphatic carbocycles. The van der Waals surface area contributed by atoms with Gasteiger partial charge >= 0.3 is 0 Å². The summed E-state index contributed by atoms with van der Waals surface area (Å²) in [4.78, 5) is 0. The van der Waals surface area contributed by atoms with Crippen molar-refractivity contribution in [3.63, 3.8) is 0 Å². The van der Waals surface area contributed by atoms with Gasteiger partial charge in [0.1, 0.15) is 11.9 Å². The van der Waals surface area contributed by atoms with Gasteiger partial charge in [-0.2, -0.15) is 0 Å². The maximum Gasteiger partial charge on any atom is 0.138 e. The Morgan fingerprint density at radius 3 is 2.39 bits per heavy atom. The summed E-state index contributed by atoms with van der Waals surface area (Å²) in [6, 6.07) is 5.83. The van der Waals surface area contributed by atoms with Crippen molar-refractivity contribution in [2.45, 2.75) is 53.2 Å². The van der Waals surface area contributed by atoms with Crippen LogP contribution in [-0.2, 0) is 0 Å². The van der Waals surface area contributed by atoms with Gasteiger partial charge in [-0.15, -0.1) is 0 Å². The second-order valence-corrected chi connectivity index (χ2v) is 6.32. The van der Waals surface area contributed by atoms with Crippen molar-refractivity contribution in [2.75, 3.05) is 0 Å². The molecule has 1 aromatic carbocycles. The highest BCUT2D eigenvalue weighted by atomic mass is 35.5. The van der Waals surface area contributed by atoms with E-state index < -0.39 is 0 Å². The number of halogens is 1. The van der Waals surface area contributed by atoms with Gasteiger partial charge in [0, 0.05) is 11.5 Å². The molecule has 0 saturated heterocycles. The van der Waals surface area contributed by atoms with E-state index >= 15 is 0 Å². The van der Waals surface area contributed by atoms with Crippen molar-refractivity contribution in [3.05, 3.63) is 28.8 Å². The van der Waals surface area contributed by atoms with E-state index in [1.54, 1.807) is 0 Å². The molecule has 2 nitrogen and oxygen atoms in total. The molecule has 0 radical (unpaired) electrons. The topological polar surface area (TPSA) is 35.2 Å². The molecule has 3 heteroatoms. The van der Waals surface area contributed by atoms with Crippen LogP contribution in [0.2, 0.25) is 5.02 Å². The maximum absolute atomic E-state index is 6.21. The van der Waals surface area contributed by atoms with Crippen molar-refractivity contribution in [1.82, 2.24) is 0 Å². The average Bonchev–Trinajstić information content (AvgIpc) is 2.25. The van der Waals surface area contributed by atoms with Crippen LogP contribution in [0.3, 0.4) is 0 Å². The van der Waals surface area contributed by atoms with Crippen LogP contribution in [0.1, 0.15) is 39.7 Å². The van der Waals surface area contributed by atoms with E-state index in [1.165, 1.54) is 0 Å². The van der Waals surface area contributed by atoms with Crippen molar-refractivity contribution < 1.29 is 4.74 Å². The SMILES string of the molecule is CCC(N)C(Oc1ccc(C)cc1Cl)C(C)(C)C. The van der Waals surface area contributed by atoms with E-state index in [0.29, 0.717) is 10.8 Å². The van der Waals surface area contributed by atoms with Crippen molar-refractivity contribution in [2.24, 2.45) is 11.1 Å². The standard InChI is InChI=1S/C15H24ClNO/c1-6-12(17)14(15(3,4)5)18-13-8-7-10(2)9-11(13)16/h7-9,12,14H,6,17H2,1-5H3. The predicted octanol–water partition coefficient (Wildman–Crippen LogP) is 4.18. The molecule has 0 aliphatic rings. The van der Waals surface area contributed by atoms with Crippen LogP contribution < -0.4 is 10.5 Å². The molecule has 0 saturated carbocycles. The van der Waals surface area contributed by atoms with Gasteiger partial charge in [0.05, 0.1) is 5.02 Å². The van der Waals surface area contributed by atoms with Gasteiger partial charge in [-0.3, -0.25) is 0 Å². The quantitative estimate of drug-likeness (QED) is 0.890. The van der Waals surface area contributed by atoms with Crippen LogP contribution >= 0.6 is 11.6 Å². The Kier molecular flexibility index (Phi) is 5.06. The lowest BCUT2D eigenvalue weighted by molar-refractivity contribution is 0.0622. The number of ether oxygens (including phenoxy) is 1. The summed E-state index contributed by atoms with van der Waals surface area (Å²) in [6.45, 7) is 10.5. The van der Waals surface area contributed by atoms with Gasteiger partial charge in [0.15, 0.2) is 0 Å². The zero-order chi connectivity index (χ0) is 13.9. The molecule has 0 spiro atoms. The molecule has 0 fully saturated rings. The van der Waals surface area contributed by atoms with Crippen LogP contribution in [0.25, 0.3) is 0 Å². The number of hydrogen-bond acceptors (Lipinski definition) is 2. The minimum absolute atomic E-state index is 0.00219. The van der Waals surface area contributed by atoms with Gasteiger partial charge in [-0.25, -0.2) is 0 Å². The van der Waals surface area contributed by atoms with Crippen LogP contribution in [0.4, 0.5) is 0 Å². The number of hydrogen-bond donors (Lipinski definition) is 1. The van der Waals surface area contributed by atoms with Crippen LogP contribution in [0.5, 0.6) is 5.75 Å². The third-order valence-corrected chi connectivity index (χ3v) is 3.35. The molecule has 0 aromatic heterocycles. The highest BCUT2D eigenvalue weighted by Gasteiger charge is 2.31. The minimum atomic E-state index is -0.0530. The largest absolute Gasteiger partial charge is 0.487 e. The van der Waals surface area contributed by atoms with Crippen molar-refractivity contribution in [3.8, 4) is 5.75 Å². The molecule has 2 unspecified atom stereocenters. The van der Waals surface area contributed by atoms with Crippen LogP contribution in [0, 0.1) is 12.3 Å². The third-order valence-electron chi connectivity index (χ3n) is 3.06. The molecule has 0 amide bonds. The van der Waals surface area contributed by atoms with Crippen LogP contribution in [-0.4, -0.2) is 12.1 Å². The molecule has 102 valence electrons. The molecule has 1 aromatic rings. The van der Waals surface area contributed by atoms with E-state index in [4.69, 9.17) is 22.1 Å². The lowest BCUT2D eigenvalue weighted by Crippen LogP contribution is -2.47. The molecular weight excluding hydrogens is 246 g/mol. The highest BCUT2D eigenvalue weighted by Crippen LogP contribution is 2.32. The summed E-state index contributed by atoms with van der Waals surface area (Å²) in [6.07, 6.45) is 0.827.